The number of amides is 1. The highest BCUT2D eigenvalue weighted by atomic mass is 16.6. The molecule has 1 amide bonds. The number of aryl methyl sites for hydroxylation is 1. The standard InChI is InChI=1S/C16H22NO2/c1-12-6-9-14(10-7-12)11-8-13(2)17-15(18)19-16(3,4)5/h6-11H,1-5H3,(H,17,18)/b11-8+. The van der Waals surface area contributed by atoms with Gasteiger partial charge < -0.3 is 10.1 Å². The molecule has 3 nitrogen and oxygen atoms in total. The van der Waals surface area contributed by atoms with E-state index in [9.17, 15) is 4.79 Å². The van der Waals surface area contributed by atoms with Crippen molar-refractivity contribution in [2.75, 3.05) is 0 Å². The Bertz CT molecular complexity index is 441. The number of nitrogens with one attached hydrogen (secondary N) is 1. The Morgan fingerprint density at radius 3 is 2.32 bits per heavy atom. The van der Waals surface area contributed by atoms with Crippen LogP contribution in [0.2, 0.25) is 0 Å². The molecular weight excluding hydrogens is 238 g/mol. The fourth-order valence-corrected chi connectivity index (χ4v) is 1.41. The van der Waals surface area contributed by atoms with Gasteiger partial charge in [-0.3, -0.25) is 0 Å². The van der Waals surface area contributed by atoms with Crippen LogP contribution < -0.4 is 5.32 Å². The first-order valence-electron chi connectivity index (χ1n) is 6.34. The minimum atomic E-state index is -0.481. The predicted octanol–water partition coefficient (Wildman–Crippen LogP) is 4.08. The molecule has 3 heteroatoms. The Morgan fingerprint density at radius 2 is 1.79 bits per heavy atom. The van der Waals surface area contributed by atoms with Crippen LogP contribution in [0.25, 0.3) is 6.08 Å². The van der Waals surface area contributed by atoms with Crippen LogP contribution in [0.3, 0.4) is 0 Å². The lowest BCUT2D eigenvalue weighted by molar-refractivity contribution is 0.0537. The summed E-state index contributed by atoms with van der Waals surface area (Å²) in [5.41, 5.74) is 1.84. The van der Waals surface area contributed by atoms with E-state index in [4.69, 9.17) is 4.74 Å². The number of rotatable bonds is 3. The number of ether oxygens (including phenoxy) is 1. The van der Waals surface area contributed by atoms with Gasteiger partial charge in [-0.15, -0.1) is 0 Å². The second kappa shape index (κ2) is 6.41. The van der Waals surface area contributed by atoms with Crippen molar-refractivity contribution in [2.45, 2.75) is 40.2 Å². The highest BCUT2D eigenvalue weighted by Crippen LogP contribution is 2.10. The average molecular weight is 260 g/mol. The third kappa shape index (κ3) is 6.65. The first-order valence-corrected chi connectivity index (χ1v) is 6.34. The Kier molecular flexibility index (Phi) is 5.16. The Labute approximate surface area is 115 Å². The van der Waals surface area contributed by atoms with Crippen molar-refractivity contribution in [1.29, 1.82) is 0 Å². The van der Waals surface area contributed by atoms with Gasteiger partial charge >= 0.3 is 6.09 Å². The third-order valence-corrected chi connectivity index (χ3v) is 2.30. The summed E-state index contributed by atoms with van der Waals surface area (Å²) in [5, 5.41) is 2.69. The van der Waals surface area contributed by atoms with Gasteiger partial charge in [0.25, 0.3) is 0 Å². The summed E-state index contributed by atoms with van der Waals surface area (Å²) < 4.78 is 5.17. The van der Waals surface area contributed by atoms with Crippen LogP contribution in [0.1, 0.15) is 38.8 Å². The van der Waals surface area contributed by atoms with E-state index in [0.29, 0.717) is 0 Å². The van der Waals surface area contributed by atoms with E-state index < -0.39 is 11.7 Å². The normalized spacial score (nSPS) is 11.9. The number of alkyl carbamates (subject to hydrolysis) is 1. The zero-order valence-electron chi connectivity index (χ0n) is 12.3. The molecule has 19 heavy (non-hydrogen) atoms. The fraction of sp³-hybridized carbons (Fsp3) is 0.375. The molecular formula is C16H22NO2. The van der Waals surface area contributed by atoms with Gasteiger partial charge in [0.1, 0.15) is 5.60 Å². The highest BCUT2D eigenvalue weighted by Gasteiger charge is 2.16. The molecule has 103 valence electrons. The Morgan fingerprint density at radius 1 is 1.21 bits per heavy atom. The first-order chi connectivity index (χ1) is 8.76. The van der Waals surface area contributed by atoms with E-state index in [1.807, 2.05) is 52.0 Å². The van der Waals surface area contributed by atoms with Gasteiger partial charge in [0.15, 0.2) is 0 Å². The lowest BCUT2D eigenvalue weighted by atomic mass is 10.1. The van der Waals surface area contributed by atoms with Crippen molar-refractivity contribution in [2.24, 2.45) is 0 Å². The lowest BCUT2D eigenvalue weighted by Gasteiger charge is -2.20. The van der Waals surface area contributed by atoms with Gasteiger partial charge in [-0.2, -0.15) is 0 Å². The molecule has 1 aromatic carbocycles. The van der Waals surface area contributed by atoms with Gasteiger partial charge in [0.05, 0.1) is 6.04 Å². The summed E-state index contributed by atoms with van der Waals surface area (Å²) in [4.78, 5) is 11.5. The monoisotopic (exact) mass is 260 g/mol. The molecule has 1 rings (SSSR count). The smallest absolute Gasteiger partial charge is 0.408 e. The van der Waals surface area contributed by atoms with Crippen molar-refractivity contribution in [1.82, 2.24) is 5.32 Å². The van der Waals surface area contributed by atoms with Crippen molar-refractivity contribution in [3.05, 3.63) is 47.5 Å². The molecule has 0 saturated carbocycles. The number of benzene rings is 1. The van der Waals surface area contributed by atoms with Gasteiger partial charge in [0.2, 0.25) is 0 Å². The van der Waals surface area contributed by atoms with E-state index >= 15 is 0 Å². The van der Waals surface area contributed by atoms with Crippen LogP contribution >= 0.6 is 0 Å². The molecule has 0 heterocycles. The summed E-state index contributed by atoms with van der Waals surface area (Å²) in [6.45, 7) is 9.39. The zero-order valence-corrected chi connectivity index (χ0v) is 12.3. The van der Waals surface area contributed by atoms with Crippen LogP contribution in [-0.2, 0) is 4.74 Å². The molecule has 0 unspecified atom stereocenters. The number of hydrogen-bond donors (Lipinski definition) is 1. The van der Waals surface area contributed by atoms with Gasteiger partial charge in [-0.25, -0.2) is 4.79 Å². The molecule has 0 spiro atoms. The summed E-state index contributed by atoms with van der Waals surface area (Å²) in [5.74, 6) is 0. The molecule has 0 saturated heterocycles. The largest absolute Gasteiger partial charge is 0.444 e. The summed E-state index contributed by atoms with van der Waals surface area (Å²) in [6, 6.07) is 8.92. The molecule has 0 fully saturated rings. The van der Waals surface area contributed by atoms with E-state index in [0.717, 1.165) is 11.6 Å². The molecule has 1 aromatic rings. The van der Waals surface area contributed by atoms with Gasteiger partial charge in [-0.05, 0) is 40.2 Å². The average Bonchev–Trinajstić information content (AvgIpc) is 2.25. The van der Waals surface area contributed by atoms with Crippen LogP contribution in [0.4, 0.5) is 4.79 Å². The minimum absolute atomic E-state index is 0.432. The molecule has 1 radical (unpaired) electrons. The zero-order chi connectivity index (χ0) is 14.5. The molecule has 0 atom stereocenters. The van der Waals surface area contributed by atoms with E-state index in [1.165, 1.54) is 5.56 Å². The Balaban J connectivity index is 2.48. The summed E-state index contributed by atoms with van der Waals surface area (Å²) >= 11 is 0. The van der Waals surface area contributed by atoms with E-state index in [-0.39, 0.29) is 0 Å². The SMILES string of the molecule is C[C](/C=C/c1ccc(C)cc1)NC(=O)OC(C)(C)C. The van der Waals surface area contributed by atoms with Crippen LogP contribution in [0.15, 0.2) is 30.3 Å². The second-order valence-electron chi connectivity index (χ2n) is 5.55. The summed E-state index contributed by atoms with van der Waals surface area (Å²) in [7, 11) is 0. The van der Waals surface area contributed by atoms with Crippen LogP contribution in [0.5, 0.6) is 0 Å². The van der Waals surface area contributed by atoms with Crippen molar-refractivity contribution < 1.29 is 9.53 Å². The fourth-order valence-electron chi connectivity index (χ4n) is 1.41. The van der Waals surface area contributed by atoms with E-state index in [1.54, 1.807) is 0 Å². The second-order valence-corrected chi connectivity index (χ2v) is 5.55. The molecule has 0 aliphatic rings. The maximum absolute atomic E-state index is 11.5. The maximum Gasteiger partial charge on any atom is 0.408 e. The molecule has 0 aliphatic carbocycles. The number of carbonyl (C=O) groups is 1. The van der Waals surface area contributed by atoms with Crippen molar-refractivity contribution in [3.63, 3.8) is 0 Å². The van der Waals surface area contributed by atoms with Gasteiger partial charge in [0, 0.05) is 0 Å². The van der Waals surface area contributed by atoms with Crippen LogP contribution in [-0.4, -0.2) is 11.7 Å². The predicted molar refractivity (Wildman–Crippen MR) is 78.5 cm³/mol. The first kappa shape index (κ1) is 15.3. The van der Waals surface area contributed by atoms with Gasteiger partial charge in [-0.1, -0.05) is 42.0 Å². The summed E-state index contributed by atoms with van der Waals surface area (Å²) in [6.07, 6.45) is 3.37. The molecule has 0 bridgehead atoms. The van der Waals surface area contributed by atoms with Crippen molar-refractivity contribution in [3.8, 4) is 0 Å². The third-order valence-electron chi connectivity index (χ3n) is 2.30. The highest BCUT2D eigenvalue weighted by molar-refractivity contribution is 5.70. The van der Waals surface area contributed by atoms with Crippen LogP contribution in [0, 0.1) is 13.0 Å². The molecule has 1 N–H and O–H groups in total. The Hall–Kier alpha value is -1.77. The maximum atomic E-state index is 11.5. The minimum Gasteiger partial charge on any atom is -0.444 e. The van der Waals surface area contributed by atoms with Crippen molar-refractivity contribution >= 4 is 12.2 Å². The lowest BCUT2D eigenvalue weighted by Crippen LogP contribution is -2.33. The number of carbonyl (C=O) groups excluding carboxylic acids is 1. The molecule has 0 aliphatic heterocycles. The molecule has 0 aromatic heterocycles. The quantitative estimate of drug-likeness (QED) is 0.889. The van der Waals surface area contributed by atoms with E-state index in [2.05, 4.69) is 24.4 Å². The number of hydrogen-bond acceptors (Lipinski definition) is 2. The topological polar surface area (TPSA) is 38.3 Å².